The smallest absolute Gasteiger partial charge is 0.335 e. The fourth-order valence-electron chi connectivity index (χ4n) is 1.49. The fourth-order valence-corrected chi connectivity index (χ4v) is 1.49. The third-order valence-corrected chi connectivity index (χ3v) is 2.63. The zero-order valence-corrected chi connectivity index (χ0v) is 11.8. The third-order valence-electron chi connectivity index (χ3n) is 2.63. The second-order valence-electron chi connectivity index (χ2n) is 4.63. The zero-order valence-electron chi connectivity index (χ0n) is 11.8. The molecule has 1 aromatic carbocycles. The van der Waals surface area contributed by atoms with Crippen LogP contribution >= 0.6 is 0 Å². The standard InChI is InChI=1S/C8H18O.C7H7NO2/c1-3-4-5-6-7-8(2)9;8-6-3-1-5(2-4-6)7(9)10/h8-9H,3-7H2,1-2H3;1-4H,8H2,(H,9,10)/t8-;/m1./s1. The summed E-state index contributed by atoms with van der Waals surface area (Å²) in [4.78, 5) is 10.3. The van der Waals surface area contributed by atoms with E-state index in [1.807, 2.05) is 6.92 Å². The summed E-state index contributed by atoms with van der Waals surface area (Å²) < 4.78 is 0. The van der Waals surface area contributed by atoms with Crippen LogP contribution in [-0.4, -0.2) is 22.3 Å². The maximum absolute atomic E-state index is 10.3. The van der Waals surface area contributed by atoms with Crippen LogP contribution in [0.15, 0.2) is 24.3 Å². The molecule has 0 aliphatic rings. The first-order valence-corrected chi connectivity index (χ1v) is 6.74. The summed E-state index contributed by atoms with van der Waals surface area (Å²) in [5.41, 5.74) is 6.17. The average molecular weight is 267 g/mol. The van der Waals surface area contributed by atoms with Crippen LogP contribution in [0, 0.1) is 0 Å². The van der Waals surface area contributed by atoms with E-state index in [0.717, 1.165) is 6.42 Å². The number of aliphatic hydroxyl groups is 1. The number of aliphatic hydroxyl groups excluding tert-OH is 1. The molecule has 1 rings (SSSR count). The van der Waals surface area contributed by atoms with E-state index in [9.17, 15) is 4.79 Å². The summed E-state index contributed by atoms with van der Waals surface area (Å²) in [7, 11) is 0. The first-order valence-electron chi connectivity index (χ1n) is 6.74. The molecule has 0 amide bonds. The van der Waals surface area contributed by atoms with E-state index in [0.29, 0.717) is 5.69 Å². The normalized spacial score (nSPS) is 11.3. The molecule has 0 unspecified atom stereocenters. The van der Waals surface area contributed by atoms with Crippen LogP contribution in [0.3, 0.4) is 0 Å². The number of hydrogen-bond acceptors (Lipinski definition) is 3. The summed E-state index contributed by atoms with van der Waals surface area (Å²) >= 11 is 0. The predicted octanol–water partition coefficient (Wildman–Crippen LogP) is 3.30. The van der Waals surface area contributed by atoms with E-state index < -0.39 is 5.97 Å². The van der Waals surface area contributed by atoms with Gasteiger partial charge in [-0.3, -0.25) is 0 Å². The Morgan fingerprint density at radius 1 is 1.21 bits per heavy atom. The minimum Gasteiger partial charge on any atom is -0.478 e. The van der Waals surface area contributed by atoms with Gasteiger partial charge in [-0.15, -0.1) is 0 Å². The second kappa shape index (κ2) is 10.4. The van der Waals surface area contributed by atoms with Gasteiger partial charge in [0.25, 0.3) is 0 Å². The minimum absolute atomic E-state index is 0.0955. The molecule has 0 spiro atoms. The number of nitrogen functional groups attached to an aromatic ring is 1. The van der Waals surface area contributed by atoms with Gasteiger partial charge >= 0.3 is 5.97 Å². The molecule has 4 heteroatoms. The van der Waals surface area contributed by atoms with Crippen molar-refractivity contribution in [3.8, 4) is 0 Å². The molecular weight excluding hydrogens is 242 g/mol. The Morgan fingerprint density at radius 3 is 2.21 bits per heavy atom. The Kier molecular flexibility index (Phi) is 9.53. The number of benzene rings is 1. The molecule has 0 saturated heterocycles. The van der Waals surface area contributed by atoms with Crippen LogP contribution in [0.2, 0.25) is 0 Å². The Morgan fingerprint density at radius 2 is 1.79 bits per heavy atom. The maximum atomic E-state index is 10.3. The highest BCUT2D eigenvalue weighted by Gasteiger charge is 1.98. The number of carboxylic acids is 1. The van der Waals surface area contributed by atoms with Crippen molar-refractivity contribution in [3.05, 3.63) is 29.8 Å². The van der Waals surface area contributed by atoms with E-state index in [4.69, 9.17) is 15.9 Å². The number of carboxylic acid groups (broad SMARTS) is 1. The zero-order chi connectivity index (χ0) is 14.7. The van der Waals surface area contributed by atoms with Gasteiger partial charge < -0.3 is 15.9 Å². The van der Waals surface area contributed by atoms with E-state index in [2.05, 4.69) is 6.92 Å². The molecule has 0 saturated carbocycles. The van der Waals surface area contributed by atoms with Gasteiger partial charge in [0.15, 0.2) is 0 Å². The van der Waals surface area contributed by atoms with E-state index >= 15 is 0 Å². The minimum atomic E-state index is -0.931. The first kappa shape index (κ1) is 17.4. The van der Waals surface area contributed by atoms with Gasteiger partial charge in [0.05, 0.1) is 11.7 Å². The maximum Gasteiger partial charge on any atom is 0.335 e. The monoisotopic (exact) mass is 267 g/mol. The third kappa shape index (κ3) is 10.1. The van der Waals surface area contributed by atoms with Gasteiger partial charge in [-0.25, -0.2) is 4.79 Å². The topological polar surface area (TPSA) is 83.5 Å². The summed E-state index contributed by atoms with van der Waals surface area (Å²) in [6, 6.07) is 6.06. The SMILES string of the molecule is CCCCCC[C@@H](C)O.Nc1ccc(C(=O)O)cc1. The van der Waals surface area contributed by atoms with Crippen molar-refractivity contribution in [2.75, 3.05) is 5.73 Å². The van der Waals surface area contributed by atoms with Crippen LogP contribution in [0.5, 0.6) is 0 Å². The van der Waals surface area contributed by atoms with Crippen molar-refractivity contribution >= 4 is 11.7 Å². The number of nitrogens with two attached hydrogens (primary N) is 1. The number of unbranched alkanes of at least 4 members (excludes halogenated alkanes) is 3. The van der Waals surface area contributed by atoms with E-state index in [1.165, 1.54) is 37.8 Å². The van der Waals surface area contributed by atoms with Crippen LogP contribution in [0.25, 0.3) is 0 Å². The molecule has 0 radical (unpaired) electrons. The lowest BCUT2D eigenvalue weighted by Gasteiger charge is -2.01. The highest BCUT2D eigenvalue weighted by atomic mass is 16.4. The molecule has 0 fully saturated rings. The molecule has 0 aliphatic heterocycles. The largest absolute Gasteiger partial charge is 0.478 e. The summed E-state index contributed by atoms with van der Waals surface area (Å²) in [6.45, 7) is 4.05. The van der Waals surface area contributed by atoms with Crippen LogP contribution < -0.4 is 5.73 Å². The number of anilines is 1. The number of hydrogen-bond donors (Lipinski definition) is 3. The summed E-state index contributed by atoms with van der Waals surface area (Å²) in [5.74, 6) is -0.931. The van der Waals surface area contributed by atoms with Crippen molar-refractivity contribution in [1.82, 2.24) is 0 Å². The second-order valence-corrected chi connectivity index (χ2v) is 4.63. The van der Waals surface area contributed by atoms with Gasteiger partial charge in [0.1, 0.15) is 0 Å². The van der Waals surface area contributed by atoms with Crippen molar-refractivity contribution < 1.29 is 15.0 Å². The fraction of sp³-hybridized carbons (Fsp3) is 0.533. The first-order chi connectivity index (χ1) is 8.97. The number of aromatic carboxylic acids is 1. The molecule has 1 aromatic rings. The molecular formula is C15H25NO3. The average Bonchev–Trinajstić information content (AvgIpc) is 2.36. The van der Waals surface area contributed by atoms with Crippen LogP contribution in [-0.2, 0) is 0 Å². The molecule has 0 aromatic heterocycles. The summed E-state index contributed by atoms with van der Waals surface area (Å²) in [5, 5.41) is 17.3. The van der Waals surface area contributed by atoms with E-state index in [-0.39, 0.29) is 11.7 Å². The Labute approximate surface area is 115 Å². The van der Waals surface area contributed by atoms with Crippen molar-refractivity contribution in [3.63, 3.8) is 0 Å². The molecule has 4 N–H and O–H groups in total. The quantitative estimate of drug-likeness (QED) is 0.545. The van der Waals surface area contributed by atoms with Crippen molar-refractivity contribution in [1.29, 1.82) is 0 Å². The van der Waals surface area contributed by atoms with Gasteiger partial charge in [-0.2, -0.15) is 0 Å². The lowest BCUT2D eigenvalue weighted by Crippen LogP contribution is -1.97. The lowest BCUT2D eigenvalue weighted by atomic mass is 10.1. The Hall–Kier alpha value is -1.55. The van der Waals surface area contributed by atoms with Gasteiger partial charge in [-0.1, -0.05) is 32.6 Å². The Balaban J connectivity index is 0.000000344. The number of rotatable bonds is 6. The van der Waals surface area contributed by atoms with Gasteiger partial charge in [0.2, 0.25) is 0 Å². The van der Waals surface area contributed by atoms with Crippen molar-refractivity contribution in [2.45, 2.75) is 52.1 Å². The molecule has 19 heavy (non-hydrogen) atoms. The molecule has 1 atom stereocenters. The number of carbonyl (C=O) groups is 1. The highest BCUT2D eigenvalue weighted by Crippen LogP contribution is 2.05. The highest BCUT2D eigenvalue weighted by molar-refractivity contribution is 5.87. The summed E-state index contributed by atoms with van der Waals surface area (Å²) in [6.07, 6.45) is 5.93. The van der Waals surface area contributed by atoms with Crippen molar-refractivity contribution in [2.24, 2.45) is 0 Å². The molecule has 108 valence electrons. The van der Waals surface area contributed by atoms with Gasteiger partial charge in [0, 0.05) is 5.69 Å². The predicted molar refractivity (Wildman–Crippen MR) is 78.3 cm³/mol. The van der Waals surface area contributed by atoms with Crippen LogP contribution in [0.4, 0.5) is 5.69 Å². The Bertz CT molecular complexity index is 347. The van der Waals surface area contributed by atoms with Crippen LogP contribution in [0.1, 0.15) is 56.3 Å². The molecule has 0 heterocycles. The molecule has 0 bridgehead atoms. The van der Waals surface area contributed by atoms with E-state index in [1.54, 1.807) is 12.1 Å². The molecule has 0 aliphatic carbocycles. The molecule has 4 nitrogen and oxygen atoms in total. The van der Waals surface area contributed by atoms with Gasteiger partial charge in [-0.05, 0) is 37.6 Å². The lowest BCUT2D eigenvalue weighted by molar-refractivity contribution is 0.0697.